The topological polar surface area (TPSA) is 22.1 Å². The number of benzene rings is 1. The third-order valence-electron chi connectivity index (χ3n) is 2.44. The van der Waals surface area contributed by atoms with Gasteiger partial charge in [-0.1, -0.05) is 6.07 Å². The van der Waals surface area contributed by atoms with Crippen molar-refractivity contribution in [2.24, 2.45) is 0 Å². The highest BCUT2D eigenvalue weighted by atomic mass is 32.1. The second-order valence-electron chi connectivity index (χ2n) is 3.32. The minimum Gasteiger partial charge on any atom is -0.497 e. The molecule has 0 aromatic heterocycles. The summed E-state index contributed by atoms with van der Waals surface area (Å²) in [5.41, 5.74) is 2.10. The molecule has 15 heavy (non-hydrogen) atoms. The summed E-state index contributed by atoms with van der Waals surface area (Å²) in [4.78, 5) is 5.77. The highest BCUT2D eigenvalue weighted by molar-refractivity contribution is 7.14. The smallest absolute Gasteiger partial charge is 0.119 e. The van der Waals surface area contributed by atoms with Crippen LogP contribution in [-0.2, 0) is 0 Å². The van der Waals surface area contributed by atoms with E-state index in [0.29, 0.717) is 0 Å². The molecule has 2 aliphatic heterocycles. The first-order valence-electron chi connectivity index (χ1n) is 4.69. The van der Waals surface area contributed by atoms with E-state index >= 15 is 0 Å². The van der Waals surface area contributed by atoms with E-state index < -0.39 is 0 Å². The standard InChI is InChI=1S/C12H9NOS/c1-14-8-4-5-10-9(7-8)12-11(13-10)3-2-6-15-12/h2-7H,1H3. The average Bonchev–Trinajstić information content (AvgIpc) is 2.66. The lowest BCUT2D eigenvalue weighted by molar-refractivity contribution is 0.415. The highest BCUT2D eigenvalue weighted by Crippen LogP contribution is 2.35. The molecule has 2 aliphatic rings. The Balaban J connectivity index is 2.40. The van der Waals surface area contributed by atoms with Crippen molar-refractivity contribution in [3.8, 4) is 16.3 Å². The van der Waals surface area contributed by atoms with Crippen molar-refractivity contribution >= 4 is 22.2 Å². The molecule has 0 radical (unpaired) electrons. The third kappa shape index (κ3) is 1.27. The van der Waals surface area contributed by atoms with Crippen LogP contribution in [0.4, 0.5) is 0 Å². The van der Waals surface area contributed by atoms with Crippen LogP contribution in [0, 0.1) is 0 Å². The van der Waals surface area contributed by atoms with Crippen LogP contribution in [0.1, 0.15) is 0 Å². The molecule has 2 nitrogen and oxygen atoms in total. The maximum absolute atomic E-state index is 5.22. The van der Waals surface area contributed by atoms with Crippen molar-refractivity contribution in [3.63, 3.8) is 0 Å². The normalized spacial score (nSPS) is 11.0. The van der Waals surface area contributed by atoms with Gasteiger partial charge in [-0.2, -0.15) is 0 Å². The second-order valence-corrected chi connectivity index (χ2v) is 4.24. The fourth-order valence-electron chi connectivity index (χ4n) is 1.71. The summed E-state index contributed by atoms with van der Waals surface area (Å²) in [7, 11) is 1.68. The molecule has 0 aliphatic carbocycles. The first-order valence-corrected chi connectivity index (χ1v) is 5.57. The van der Waals surface area contributed by atoms with Crippen molar-refractivity contribution in [2.75, 3.05) is 7.11 Å². The van der Waals surface area contributed by atoms with Crippen LogP contribution in [0.2, 0.25) is 0 Å². The molecule has 74 valence electrons. The summed E-state index contributed by atoms with van der Waals surface area (Å²) in [6.07, 6.45) is 0. The molecule has 0 spiro atoms. The minimum atomic E-state index is 0.882. The fraction of sp³-hybridized carbons (Fsp3) is 0.0833. The number of methoxy groups -OCH3 is 1. The van der Waals surface area contributed by atoms with Crippen molar-refractivity contribution in [1.82, 2.24) is 4.98 Å². The van der Waals surface area contributed by atoms with Gasteiger partial charge in [-0.15, -0.1) is 11.3 Å². The zero-order valence-electron chi connectivity index (χ0n) is 8.23. The van der Waals surface area contributed by atoms with Gasteiger partial charge in [0.2, 0.25) is 0 Å². The van der Waals surface area contributed by atoms with Gasteiger partial charge in [0.05, 0.1) is 23.2 Å². The predicted octanol–water partition coefficient (Wildman–Crippen LogP) is 3.41. The average molecular weight is 215 g/mol. The summed E-state index contributed by atoms with van der Waals surface area (Å²) in [6, 6.07) is 10.1. The lowest BCUT2D eigenvalue weighted by Crippen LogP contribution is -1.80. The van der Waals surface area contributed by atoms with E-state index in [9.17, 15) is 0 Å². The fourth-order valence-corrected chi connectivity index (χ4v) is 2.53. The Kier molecular flexibility index (Phi) is 1.86. The van der Waals surface area contributed by atoms with E-state index in [1.54, 1.807) is 18.4 Å². The number of ether oxygens (including phenoxy) is 1. The van der Waals surface area contributed by atoms with Gasteiger partial charge in [0.15, 0.2) is 0 Å². The molecule has 0 amide bonds. The molecule has 3 rings (SSSR count). The molecule has 0 atom stereocenters. The van der Waals surface area contributed by atoms with Crippen LogP contribution in [0.3, 0.4) is 0 Å². The number of fused-ring (bicyclic) bond motifs is 3. The van der Waals surface area contributed by atoms with Crippen LogP contribution in [0.25, 0.3) is 21.5 Å². The van der Waals surface area contributed by atoms with Crippen LogP contribution in [0.5, 0.6) is 5.75 Å². The zero-order chi connectivity index (χ0) is 10.3. The largest absolute Gasteiger partial charge is 0.497 e. The van der Waals surface area contributed by atoms with Crippen molar-refractivity contribution in [3.05, 3.63) is 35.7 Å². The van der Waals surface area contributed by atoms with E-state index in [0.717, 1.165) is 17.0 Å². The first kappa shape index (κ1) is 8.68. The van der Waals surface area contributed by atoms with Gasteiger partial charge in [0.25, 0.3) is 0 Å². The number of nitrogens with zero attached hydrogens (tertiary/aromatic N) is 1. The van der Waals surface area contributed by atoms with Crippen molar-refractivity contribution in [2.45, 2.75) is 0 Å². The minimum absolute atomic E-state index is 0.882. The van der Waals surface area contributed by atoms with Crippen LogP contribution in [0.15, 0.2) is 35.7 Å². The van der Waals surface area contributed by atoms with Gasteiger partial charge in [-0.25, -0.2) is 4.98 Å². The van der Waals surface area contributed by atoms with Crippen molar-refractivity contribution in [1.29, 1.82) is 0 Å². The SMILES string of the molecule is COc1ccc2nc3cccsc-3c2c1. The van der Waals surface area contributed by atoms with Gasteiger partial charge < -0.3 is 4.74 Å². The van der Waals surface area contributed by atoms with Crippen LogP contribution in [-0.4, -0.2) is 12.1 Å². The first-order chi connectivity index (χ1) is 7.38. The predicted molar refractivity (Wildman–Crippen MR) is 62.8 cm³/mol. The van der Waals surface area contributed by atoms with E-state index in [2.05, 4.69) is 10.4 Å². The van der Waals surface area contributed by atoms with Gasteiger partial charge in [0.1, 0.15) is 5.75 Å². The number of aromatic nitrogens is 1. The molecule has 0 saturated carbocycles. The lowest BCUT2D eigenvalue weighted by Gasteiger charge is -1.98. The summed E-state index contributed by atoms with van der Waals surface area (Å²) >= 11 is 1.71. The summed E-state index contributed by atoms with van der Waals surface area (Å²) in [6.45, 7) is 0. The van der Waals surface area contributed by atoms with E-state index in [4.69, 9.17) is 4.74 Å². The van der Waals surface area contributed by atoms with Gasteiger partial charge in [-0.3, -0.25) is 0 Å². The Morgan fingerprint density at radius 3 is 3.07 bits per heavy atom. The molecule has 1 aromatic carbocycles. The summed E-state index contributed by atoms with van der Waals surface area (Å²) < 4.78 is 5.22. The molecule has 2 heterocycles. The molecule has 0 fully saturated rings. The summed E-state index contributed by atoms with van der Waals surface area (Å²) in [5, 5.41) is 3.25. The quantitative estimate of drug-likeness (QED) is 0.620. The molecule has 0 saturated heterocycles. The Bertz CT molecular complexity index is 587. The molecule has 0 unspecified atom stereocenters. The Labute approximate surface area is 91.5 Å². The molecular formula is C12H9NOS. The van der Waals surface area contributed by atoms with Crippen LogP contribution >= 0.6 is 11.3 Å². The number of rotatable bonds is 1. The zero-order valence-corrected chi connectivity index (χ0v) is 9.04. The molecule has 3 heteroatoms. The van der Waals surface area contributed by atoms with Crippen molar-refractivity contribution < 1.29 is 4.74 Å². The number of hydrogen-bond donors (Lipinski definition) is 0. The Morgan fingerprint density at radius 2 is 2.20 bits per heavy atom. The van der Waals surface area contributed by atoms with E-state index in [1.165, 1.54) is 10.3 Å². The number of hydrogen-bond acceptors (Lipinski definition) is 3. The monoisotopic (exact) mass is 215 g/mol. The Hall–Kier alpha value is -1.61. The lowest BCUT2D eigenvalue weighted by atomic mass is 10.2. The van der Waals surface area contributed by atoms with Crippen LogP contribution < -0.4 is 4.74 Å². The van der Waals surface area contributed by atoms with Gasteiger partial charge in [-0.05, 0) is 29.6 Å². The molecule has 1 aromatic rings. The van der Waals surface area contributed by atoms with Gasteiger partial charge in [0, 0.05) is 5.39 Å². The highest BCUT2D eigenvalue weighted by Gasteiger charge is 2.11. The second kappa shape index (κ2) is 3.21. The van der Waals surface area contributed by atoms with E-state index in [1.807, 2.05) is 30.3 Å². The maximum atomic E-state index is 5.22. The van der Waals surface area contributed by atoms with Gasteiger partial charge >= 0.3 is 0 Å². The molecule has 0 N–H and O–H groups in total. The summed E-state index contributed by atoms with van der Waals surface area (Å²) in [5.74, 6) is 0.882. The van der Waals surface area contributed by atoms with E-state index in [-0.39, 0.29) is 0 Å². The molecule has 0 bridgehead atoms. The Morgan fingerprint density at radius 1 is 1.27 bits per heavy atom. The maximum Gasteiger partial charge on any atom is 0.119 e. The third-order valence-corrected chi connectivity index (χ3v) is 3.40. The molecular weight excluding hydrogens is 206 g/mol.